The molecule has 0 aromatic carbocycles. The molecule has 0 spiro atoms. The molecule has 0 bridgehead atoms. The van der Waals surface area contributed by atoms with E-state index in [4.69, 9.17) is 5.11 Å². The average Bonchev–Trinajstić information content (AvgIpc) is 2.15. The van der Waals surface area contributed by atoms with Crippen molar-refractivity contribution >= 4 is 11.9 Å². The molecule has 6 heteroatoms. The second-order valence-corrected chi connectivity index (χ2v) is 2.18. The van der Waals surface area contributed by atoms with Crippen LogP contribution >= 0.6 is 0 Å². The Labute approximate surface area is 93.8 Å². The maximum atomic E-state index is 11.0. The van der Waals surface area contributed by atoms with Crippen molar-refractivity contribution in [2.24, 2.45) is 0 Å². The SMILES string of the molecule is O=C(O)COC(=O)c1ccccn1.[H-].[Li+]. The van der Waals surface area contributed by atoms with Crippen molar-refractivity contribution in [3.05, 3.63) is 30.1 Å². The maximum Gasteiger partial charge on any atom is 1.00 e. The minimum absolute atomic E-state index is 0. The third-order valence-corrected chi connectivity index (χ3v) is 1.20. The van der Waals surface area contributed by atoms with E-state index in [0.717, 1.165) is 0 Å². The van der Waals surface area contributed by atoms with Crippen LogP contribution in [-0.2, 0) is 9.53 Å². The van der Waals surface area contributed by atoms with Crippen LogP contribution in [0.1, 0.15) is 11.9 Å². The first-order chi connectivity index (χ1) is 6.20. The van der Waals surface area contributed by atoms with Crippen LogP contribution in [0.15, 0.2) is 24.4 Å². The summed E-state index contributed by atoms with van der Waals surface area (Å²) in [7, 11) is 0. The summed E-state index contributed by atoms with van der Waals surface area (Å²) in [5, 5.41) is 8.21. The normalized spacial score (nSPS) is 8.57. The molecule has 5 nitrogen and oxygen atoms in total. The molecule has 0 saturated heterocycles. The number of pyridine rings is 1. The molecular formula is C8H8LiNO4. The maximum absolute atomic E-state index is 11.0. The Morgan fingerprint density at radius 2 is 2.21 bits per heavy atom. The molecule has 0 aliphatic rings. The summed E-state index contributed by atoms with van der Waals surface area (Å²) in [4.78, 5) is 24.7. The van der Waals surface area contributed by atoms with Gasteiger partial charge in [-0.3, -0.25) is 0 Å². The van der Waals surface area contributed by atoms with Gasteiger partial charge in [0.25, 0.3) is 0 Å². The topological polar surface area (TPSA) is 76.5 Å². The smallest absolute Gasteiger partial charge is 1.00 e. The number of esters is 1. The Balaban J connectivity index is 0. The minimum Gasteiger partial charge on any atom is -1.00 e. The first-order valence-electron chi connectivity index (χ1n) is 3.50. The second kappa shape index (κ2) is 6.19. The monoisotopic (exact) mass is 189 g/mol. The molecule has 1 aromatic rings. The van der Waals surface area contributed by atoms with E-state index >= 15 is 0 Å². The number of aliphatic carboxylic acids is 1. The van der Waals surface area contributed by atoms with Gasteiger partial charge in [0.2, 0.25) is 0 Å². The molecule has 0 amide bonds. The van der Waals surface area contributed by atoms with Crippen LogP contribution in [0.25, 0.3) is 0 Å². The van der Waals surface area contributed by atoms with Crippen molar-refractivity contribution in [1.29, 1.82) is 0 Å². The fourth-order valence-electron chi connectivity index (χ4n) is 0.685. The molecule has 14 heavy (non-hydrogen) atoms. The van der Waals surface area contributed by atoms with Gasteiger partial charge in [0.1, 0.15) is 5.69 Å². The predicted octanol–water partition coefficient (Wildman–Crippen LogP) is -2.56. The van der Waals surface area contributed by atoms with E-state index in [-0.39, 0.29) is 26.0 Å². The molecule has 0 atom stereocenters. The minimum atomic E-state index is -1.19. The number of rotatable bonds is 3. The zero-order valence-electron chi connectivity index (χ0n) is 8.64. The number of nitrogens with zero attached hydrogens (tertiary/aromatic N) is 1. The first kappa shape index (κ1) is 12.7. The summed E-state index contributed by atoms with van der Waals surface area (Å²) in [6, 6.07) is 4.71. The quantitative estimate of drug-likeness (QED) is 0.418. The Morgan fingerprint density at radius 3 is 2.71 bits per heavy atom. The fourth-order valence-corrected chi connectivity index (χ4v) is 0.685. The number of hydrogen-bond donors (Lipinski definition) is 1. The van der Waals surface area contributed by atoms with Gasteiger partial charge < -0.3 is 11.3 Å². The van der Waals surface area contributed by atoms with E-state index < -0.39 is 18.5 Å². The van der Waals surface area contributed by atoms with Crippen LogP contribution in [-0.4, -0.2) is 28.6 Å². The van der Waals surface area contributed by atoms with Crippen molar-refractivity contribution in [2.75, 3.05) is 6.61 Å². The predicted molar refractivity (Wildman–Crippen MR) is 43.3 cm³/mol. The van der Waals surface area contributed by atoms with E-state index in [0.29, 0.717) is 0 Å². The molecule has 0 radical (unpaired) electrons. The number of carboxylic acids is 1. The summed E-state index contributed by atoms with van der Waals surface area (Å²) in [6.45, 7) is -0.643. The average molecular weight is 189 g/mol. The van der Waals surface area contributed by atoms with Crippen molar-refractivity contribution in [2.45, 2.75) is 0 Å². The van der Waals surface area contributed by atoms with Gasteiger partial charge in [0.05, 0.1) is 0 Å². The Morgan fingerprint density at radius 1 is 1.50 bits per heavy atom. The van der Waals surface area contributed by atoms with Crippen molar-refractivity contribution in [1.82, 2.24) is 4.98 Å². The molecular weight excluding hydrogens is 181 g/mol. The van der Waals surface area contributed by atoms with Gasteiger partial charge in [-0.05, 0) is 12.1 Å². The van der Waals surface area contributed by atoms with Crippen LogP contribution in [0.3, 0.4) is 0 Å². The summed E-state index contributed by atoms with van der Waals surface area (Å²) in [5.74, 6) is -1.92. The Hall–Kier alpha value is -1.31. The van der Waals surface area contributed by atoms with Crippen LogP contribution in [0.2, 0.25) is 0 Å². The van der Waals surface area contributed by atoms with Gasteiger partial charge in [-0.25, -0.2) is 14.6 Å². The van der Waals surface area contributed by atoms with Crippen molar-refractivity contribution in [3.63, 3.8) is 0 Å². The zero-order chi connectivity index (χ0) is 9.68. The standard InChI is InChI=1S/C8H7NO4.Li.H/c10-7(11)5-13-8(12)6-3-1-2-4-9-6;;/h1-4H,5H2,(H,10,11);;/q;+1;-1. The molecule has 1 heterocycles. The number of carbonyl (C=O) groups is 2. The number of hydrogen-bond acceptors (Lipinski definition) is 4. The summed E-state index contributed by atoms with van der Waals surface area (Å²) in [6.07, 6.45) is 1.43. The molecule has 1 rings (SSSR count). The Bertz CT molecular complexity index is 320. The van der Waals surface area contributed by atoms with Gasteiger partial charge in [0.15, 0.2) is 6.61 Å². The van der Waals surface area contributed by atoms with E-state index in [1.807, 2.05) is 0 Å². The van der Waals surface area contributed by atoms with Gasteiger partial charge in [0, 0.05) is 6.20 Å². The molecule has 0 saturated carbocycles. The van der Waals surface area contributed by atoms with Gasteiger partial charge >= 0.3 is 30.8 Å². The molecule has 0 aliphatic carbocycles. The molecule has 1 N–H and O–H groups in total. The number of carboxylic acid groups (broad SMARTS) is 1. The summed E-state index contributed by atoms with van der Waals surface area (Å²) < 4.78 is 4.39. The summed E-state index contributed by atoms with van der Waals surface area (Å²) >= 11 is 0. The molecule has 70 valence electrons. The largest absolute Gasteiger partial charge is 1.00 e. The molecule has 1 aromatic heterocycles. The molecule has 0 aliphatic heterocycles. The van der Waals surface area contributed by atoms with E-state index in [9.17, 15) is 9.59 Å². The fraction of sp³-hybridized carbons (Fsp3) is 0.125. The van der Waals surface area contributed by atoms with E-state index in [1.165, 1.54) is 12.3 Å². The van der Waals surface area contributed by atoms with E-state index in [1.54, 1.807) is 12.1 Å². The third-order valence-electron chi connectivity index (χ3n) is 1.20. The number of aromatic nitrogens is 1. The van der Waals surface area contributed by atoms with Crippen LogP contribution in [0, 0.1) is 0 Å². The van der Waals surface area contributed by atoms with Gasteiger partial charge in [-0.2, -0.15) is 0 Å². The van der Waals surface area contributed by atoms with Crippen LogP contribution in [0.4, 0.5) is 0 Å². The third kappa shape index (κ3) is 4.08. The number of ether oxygens (including phenoxy) is 1. The van der Waals surface area contributed by atoms with Gasteiger partial charge in [-0.15, -0.1) is 0 Å². The zero-order valence-corrected chi connectivity index (χ0v) is 7.64. The Kier molecular flexibility index (Phi) is 5.61. The second-order valence-electron chi connectivity index (χ2n) is 2.18. The van der Waals surface area contributed by atoms with E-state index in [2.05, 4.69) is 9.72 Å². The number of carbonyl (C=O) groups excluding carboxylic acids is 1. The van der Waals surface area contributed by atoms with Crippen LogP contribution < -0.4 is 18.9 Å². The molecule has 0 fully saturated rings. The van der Waals surface area contributed by atoms with Crippen molar-refractivity contribution < 1.29 is 39.7 Å². The van der Waals surface area contributed by atoms with Crippen LogP contribution in [0.5, 0.6) is 0 Å². The first-order valence-corrected chi connectivity index (χ1v) is 3.50. The van der Waals surface area contributed by atoms with Crippen molar-refractivity contribution in [3.8, 4) is 0 Å². The summed E-state index contributed by atoms with van der Waals surface area (Å²) in [5.41, 5.74) is 0.101. The van der Waals surface area contributed by atoms with Gasteiger partial charge in [-0.1, -0.05) is 6.07 Å². The molecule has 0 unspecified atom stereocenters.